The van der Waals surface area contributed by atoms with Gasteiger partial charge in [0.1, 0.15) is 0 Å². The summed E-state index contributed by atoms with van der Waals surface area (Å²) >= 11 is 11.2. The molecular weight excluding hydrogens is 450 g/mol. The molecule has 0 aliphatic carbocycles. The average molecular weight is 474 g/mol. The van der Waals surface area contributed by atoms with E-state index in [0.29, 0.717) is 27.4 Å². The fraction of sp³-hybridized carbons (Fsp3) is 0.174. The fourth-order valence-electron chi connectivity index (χ4n) is 2.87. The van der Waals surface area contributed by atoms with Crippen molar-refractivity contribution in [2.75, 3.05) is 15.4 Å². The number of nitrogens with one attached hydrogen (secondary N) is 3. The summed E-state index contributed by atoms with van der Waals surface area (Å²) in [5.41, 5.74) is 3.29. The maximum atomic E-state index is 12.6. The van der Waals surface area contributed by atoms with Crippen molar-refractivity contribution in [1.29, 1.82) is 0 Å². The predicted molar refractivity (Wildman–Crippen MR) is 134 cm³/mol. The Morgan fingerprint density at radius 3 is 1.87 bits per heavy atom. The van der Waals surface area contributed by atoms with Crippen molar-refractivity contribution < 1.29 is 8.42 Å². The summed E-state index contributed by atoms with van der Waals surface area (Å²) in [4.78, 5) is 0.146. The molecule has 162 valence electrons. The number of thiocarbonyl (C=S) groups is 1. The molecule has 0 aliphatic heterocycles. The highest BCUT2D eigenvalue weighted by atomic mass is 35.5. The summed E-state index contributed by atoms with van der Waals surface area (Å²) in [6.45, 7) is 4.36. The lowest BCUT2D eigenvalue weighted by molar-refractivity contribution is 0.601. The Morgan fingerprint density at radius 2 is 1.35 bits per heavy atom. The normalized spacial score (nSPS) is 12.1. The Kier molecular flexibility index (Phi) is 7.54. The molecule has 0 fully saturated rings. The number of hydrogen-bond acceptors (Lipinski definition) is 3. The number of anilines is 3. The van der Waals surface area contributed by atoms with Crippen molar-refractivity contribution in [1.82, 2.24) is 0 Å². The second kappa shape index (κ2) is 10.1. The SMILES string of the molecule is CCC(C)c1ccc(NC(=S)Nc2ccc(S(=O)(=O)Nc3ccc(Cl)cc3)cc2)cc1. The number of benzene rings is 3. The standard InChI is InChI=1S/C23H24ClN3O2S2/c1-3-16(2)17-4-8-19(9-5-17)25-23(30)26-20-12-14-22(15-13-20)31(28,29)27-21-10-6-18(24)7-11-21/h4-16,27H,3H2,1-2H3,(H2,25,26,30). The van der Waals surface area contributed by atoms with Crippen molar-refractivity contribution in [3.05, 3.63) is 83.4 Å². The van der Waals surface area contributed by atoms with E-state index in [9.17, 15) is 8.42 Å². The summed E-state index contributed by atoms with van der Waals surface area (Å²) in [5, 5.41) is 7.16. The minimum Gasteiger partial charge on any atom is -0.332 e. The third-order valence-corrected chi connectivity index (χ3v) is 6.72. The molecule has 1 unspecified atom stereocenters. The number of rotatable bonds is 7. The van der Waals surface area contributed by atoms with Gasteiger partial charge in [-0.15, -0.1) is 0 Å². The van der Waals surface area contributed by atoms with Crippen molar-refractivity contribution in [3.8, 4) is 0 Å². The largest absolute Gasteiger partial charge is 0.332 e. The lowest BCUT2D eigenvalue weighted by Gasteiger charge is -2.13. The molecule has 3 aromatic carbocycles. The van der Waals surface area contributed by atoms with Gasteiger partial charge in [0.15, 0.2) is 5.11 Å². The van der Waals surface area contributed by atoms with Crippen molar-refractivity contribution >= 4 is 56.0 Å². The molecule has 0 spiro atoms. The Morgan fingerprint density at radius 1 is 0.871 bits per heavy atom. The van der Waals surface area contributed by atoms with E-state index < -0.39 is 10.0 Å². The van der Waals surface area contributed by atoms with Crippen LogP contribution in [0.3, 0.4) is 0 Å². The smallest absolute Gasteiger partial charge is 0.261 e. The van der Waals surface area contributed by atoms with Crippen LogP contribution in [0.1, 0.15) is 31.7 Å². The van der Waals surface area contributed by atoms with E-state index >= 15 is 0 Å². The summed E-state index contributed by atoms with van der Waals surface area (Å²) in [6, 6.07) is 21.0. The molecule has 3 N–H and O–H groups in total. The van der Waals surface area contributed by atoms with E-state index in [1.165, 1.54) is 17.7 Å². The lowest BCUT2D eigenvalue weighted by atomic mass is 9.99. The van der Waals surface area contributed by atoms with Gasteiger partial charge < -0.3 is 10.6 Å². The predicted octanol–water partition coefficient (Wildman–Crippen LogP) is 6.46. The monoisotopic (exact) mass is 473 g/mol. The Hall–Kier alpha value is -2.61. The first-order chi connectivity index (χ1) is 14.8. The molecule has 31 heavy (non-hydrogen) atoms. The molecule has 1 atom stereocenters. The van der Waals surface area contributed by atoms with Crippen molar-refractivity contribution in [2.24, 2.45) is 0 Å². The summed E-state index contributed by atoms with van der Waals surface area (Å²) in [6.07, 6.45) is 1.09. The van der Waals surface area contributed by atoms with Crippen LogP contribution in [0.15, 0.2) is 77.7 Å². The minimum atomic E-state index is -3.70. The quantitative estimate of drug-likeness (QED) is 0.343. The van der Waals surface area contributed by atoms with Gasteiger partial charge in [-0.05, 0) is 90.8 Å². The van der Waals surface area contributed by atoms with E-state index in [0.717, 1.165) is 12.1 Å². The molecule has 8 heteroatoms. The zero-order chi connectivity index (χ0) is 22.4. The van der Waals surface area contributed by atoms with Gasteiger partial charge >= 0.3 is 0 Å². The maximum absolute atomic E-state index is 12.6. The Bertz CT molecular complexity index is 1130. The van der Waals surface area contributed by atoms with E-state index in [1.807, 2.05) is 12.1 Å². The van der Waals surface area contributed by atoms with Crippen molar-refractivity contribution in [3.63, 3.8) is 0 Å². The van der Waals surface area contributed by atoms with Crippen LogP contribution < -0.4 is 15.4 Å². The van der Waals surface area contributed by atoms with E-state index in [4.69, 9.17) is 23.8 Å². The van der Waals surface area contributed by atoms with E-state index in [2.05, 4.69) is 41.3 Å². The van der Waals surface area contributed by atoms with Crippen LogP contribution in [-0.4, -0.2) is 13.5 Å². The summed E-state index contributed by atoms with van der Waals surface area (Å²) in [5.74, 6) is 0.517. The molecule has 0 aromatic heterocycles. The van der Waals surface area contributed by atoms with Crippen LogP contribution in [0, 0.1) is 0 Å². The molecule has 3 rings (SSSR count). The van der Waals surface area contributed by atoms with Crippen LogP contribution >= 0.6 is 23.8 Å². The van der Waals surface area contributed by atoms with E-state index in [-0.39, 0.29) is 4.90 Å². The molecular formula is C23H24ClN3O2S2. The van der Waals surface area contributed by atoms with Crippen LogP contribution in [0.5, 0.6) is 0 Å². The molecule has 0 saturated carbocycles. The fourth-order valence-corrected chi connectivity index (χ4v) is 4.29. The third-order valence-electron chi connectivity index (χ3n) is 4.87. The van der Waals surface area contributed by atoms with Gasteiger partial charge in [0.05, 0.1) is 4.90 Å². The molecule has 0 heterocycles. The molecule has 5 nitrogen and oxygen atoms in total. The molecule has 0 radical (unpaired) electrons. The molecule has 0 amide bonds. The molecule has 0 saturated heterocycles. The van der Waals surface area contributed by atoms with Gasteiger partial charge in [-0.1, -0.05) is 37.6 Å². The topological polar surface area (TPSA) is 70.2 Å². The zero-order valence-electron chi connectivity index (χ0n) is 17.2. The van der Waals surface area contributed by atoms with Gasteiger partial charge in [-0.3, -0.25) is 4.72 Å². The van der Waals surface area contributed by atoms with Crippen LogP contribution in [0.2, 0.25) is 5.02 Å². The second-order valence-corrected chi connectivity index (χ2v) is 9.67. The van der Waals surface area contributed by atoms with Gasteiger partial charge in [-0.25, -0.2) is 8.42 Å². The highest BCUT2D eigenvalue weighted by Crippen LogP contribution is 2.22. The average Bonchev–Trinajstić information content (AvgIpc) is 2.75. The highest BCUT2D eigenvalue weighted by molar-refractivity contribution is 7.92. The lowest BCUT2D eigenvalue weighted by Crippen LogP contribution is -2.19. The Balaban J connectivity index is 1.60. The first-order valence-electron chi connectivity index (χ1n) is 9.83. The number of sulfonamides is 1. The number of hydrogen-bond donors (Lipinski definition) is 3. The van der Waals surface area contributed by atoms with Gasteiger partial charge in [0.25, 0.3) is 10.0 Å². The van der Waals surface area contributed by atoms with Crippen LogP contribution in [0.25, 0.3) is 0 Å². The Labute approximate surface area is 193 Å². The molecule has 0 aliphatic rings. The van der Waals surface area contributed by atoms with Crippen LogP contribution in [-0.2, 0) is 10.0 Å². The minimum absolute atomic E-state index is 0.146. The maximum Gasteiger partial charge on any atom is 0.261 e. The first-order valence-corrected chi connectivity index (χ1v) is 12.1. The summed E-state index contributed by atoms with van der Waals surface area (Å²) < 4.78 is 27.6. The van der Waals surface area contributed by atoms with E-state index in [1.54, 1.807) is 36.4 Å². The second-order valence-electron chi connectivity index (χ2n) is 7.15. The van der Waals surface area contributed by atoms with Crippen molar-refractivity contribution in [2.45, 2.75) is 31.1 Å². The summed E-state index contributed by atoms with van der Waals surface area (Å²) in [7, 11) is -3.70. The third kappa shape index (κ3) is 6.43. The first kappa shape index (κ1) is 23.1. The van der Waals surface area contributed by atoms with Crippen LogP contribution in [0.4, 0.5) is 17.1 Å². The molecule has 0 bridgehead atoms. The number of halogens is 1. The zero-order valence-corrected chi connectivity index (χ0v) is 19.6. The highest BCUT2D eigenvalue weighted by Gasteiger charge is 2.14. The van der Waals surface area contributed by atoms with Gasteiger partial charge in [0, 0.05) is 22.1 Å². The molecule has 3 aromatic rings. The van der Waals surface area contributed by atoms with Gasteiger partial charge in [-0.2, -0.15) is 0 Å². The van der Waals surface area contributed by atoms with Gasteiger partial charge in [0.2, 0.25) is 0 Å².